The summed E-state index contributed by atoms with van der Waals surface area (Å²) in [4.78, 5) is 45.4. The highest BCUT2D eigenvalue weighted by atomic mass is 32.1. The molecular formula is C51H48F2N4O6S. The Morgan fingerprint density at radius 2 is 1.58 bits per heavy atom. The number of fused-ring (bicyclic) bond motifs is 1. The number of hydrogen-bond acceptors (Lipinski definition) is 9. The molecule has 1 amide bonds. The lowest BCUT2D eigenvalue weighted by Crippen LogP contribution is -2.35. The van der Waals surface area contributed by atoms with Gasteiger partial charge in [0.1, 0.15) is 11.7 Å². The summed E-state index contributed by atoms with van der Waals surface area (Å²) >= 11 is 1.44. The van der Waals surface area contributed by atoms with Gasteiger partial charge in [0.25, 0.3) is 5.91 Å². The molecule has 2 atom stereocenters. The number of piperidine rings is 1. The molecule has 5 N–H and O–H groups in total. The van der Waals surface area contributed by atoms with Gasteiger partial charge in [0.2, 0.25) is 5.56 Å². The van der Waals surface area contributed by atoms with E-state index in [-0.39, 0.29) is 42.4 Å². The van der Waals surface area contributed by atoms with E-state index < -0.39 is 40.7 Å². The van der Waals surface area contributed by atoms with Crippen molar-refractivity contribution in [3.8, 4) is 16.2 Å². The molecule has 328 valence electrons. The Hall–Kier alpha value is -6.51. The summed E-state index contributed by atoms with van der Waals surface area (Å²) in [6.45, 7) is 3.09. The Kier molecular flexibility index (Phi) is 14.0. The van der Waals surface area contributed by atoms with Gasteiger partial charge in [-0.15, -0.1) is 11.3 Å². The standard InChI is InChI=1S/C51H48F2N4O6S/c52-47-37(27-54-29-43(59)39-17-19-42(58)49-40(39)18-21-45(60)56-49)14-16-41(48(47)53)50(61)55-28-38-15-20-44(64-38)35-12-7-13-36(26-35)46(34-10-5-2-6-11-34)51(62)63-31-33-22-24-57(25-23-33)30-32-8-3-1-4-9-32/h1-21,26,33,43,46,54,58-59H,22-25,27-31H2,(H,55,61)(H,56,60)/t43-,46?/m0/s1. The zero-order valence-electron chi connectivity index (χ0n) is 34.9. The number of phenols is 1. The van der Waals surface area contributed by atoms with E-state index in [9.17, 15) is 24.6 Å². The first kappa shape index (κ1) is 44.1. The van der Waals surface area contributed by atoms with Gasteiger partial charge in [0.15, 0.2) is 11.6 Å². The number of pyridine rings is 1. The lowest BCUT2D eigenvalue weighted by Gasteiger charge is -2.32. The van der Waals surface area contributed by atoms with Gasteiger partial charge in [-0.05, 0) is 96.1 Å². The van der Waals surface area contributed by atoms with Crippen LogP contribution in [0.5, 0.6) is 5.75 Å². The van der Waals surface area contributed by atoms with E-state index in [1.165, 1.54) is 53.3 Å². The van der Waals surface area contributed by atoms with E-state index in [0.717, 1.165) is 58.9 Å². The van der Waals surface area contributed by atoms with Gasteiger partial charge in [-0.1, -0.05) is 91.0 Å². The number of aromatic nitrogens is 1. The Balaban J connectivity index is 0.859. The van der Waals surface area contributed by atoms with Gasteiger partial charge >= 0.3 is 5.97 Å². The number of aliphatic hydroxyl groups excluding tert-OH is 1. The first-order chi connectivity index (χ1) is 31.1. The molecule has 10 nitrogen and oxygen atoms in total. The minimum absolute atomic E-state index is 0.0375. The highest BCUT2D eigenvalue weighted by molar-refractivity contribution is 7.15. The number of thiophene rings is 1. The molecule has 64 heavy (non-hydrogen) atoms. The molecule has 2 aromatic heterocycles. The van der Waals surface area contributed by atoms with Crippen LogP contribution in [0.25, 0.3) is 21.3 Å². The second-order valence-corrected chi connectivity index (χ2v) is 17.3. The molecule has 0 bridgehead atoms. The summed E-state index contributed by atoms with van der Waals surface area (Å²) in [6.07, 6.45) is 0.828. The third kappa shape index (κ3) is 10.5. The number of likely N-dealkylation sites (tertiary alicyclic amines) is 1. The molecule has 7 aromatic rings. The summed E-state index contributed by atoms with van der Waals surface area (Å²) in [6, 6.07) is 39.8. The summed E-state index contributed by atoms with van der Waals surface area (Å²) < 4.78 is 36.5. The maximum Gasteiger partial charge on any atom is 0.317 e. The Morgan fingerprint density at radius 1 is 0.828 bits per heavy atom. The molecular weight excluding hydrogens is 835 g/mol. The first-order valence-corrected chi connectivity index (χ1v) is 22.1. The van der Waals surface area contributed by atoms with Crippen LogP contribution < -0.4 is 16.2 Å². The number of ether oxygens (including phenoxy) is 1. The number of carbonyl (C=O) groups excluding carboxylic acids is 2. The third-order valence-electron chi connectivity index (χ3n) is 11.7. The van der Waals surface area contributed by atoms with E-state index in [2.05, 4.69) is 44.8 Å². The predicted octanol–water partition coefficient (Wildman–Crippen LogP) is 8.58. The minimum atomic E-state index is -1.29. The molecule has 1 saturated heterocycles. The molecule has 1 aliphatic rings. The topological polar surface area (TPSA) is 144 Å². The SMILES string of the molecule is O=C(NCc1ccc(-c2cccc(C(C(=O)OCC3CCN(Cc4ccccc4)CC3)c3ccccc3)c2)s1)c1ccc(CNC[C@H](O)c2ccc(O)c3[nH]c(=O)ccc23)c(F)c1F. The van der Waals surface area contributed by atoms with Crippen molar-refractivity contribution in [2.45, 2.75) is 44.5 Å². The van der Waals surface area contributed by atoms with Crippen LogP contribution in [0.1, 0.15) is 67.9 Å². The predicted molar refractivity (Wildman–Crippen MR) is 244 cm³/mol. The normalized spacial score (nSPS) is 14.3. The minimum Gasteiger partial charge on any atom is -0.506 e. The maximum absolute atomic E-state index is 15.3. The van der Waals surface area contributed by atoms with Crippen LogP contribution in [0.3, 0.4) is 0 Å². The van der Waals surface area contributed by atoms with Crippen LogP contribution in [-0.2, 0) is 29.2 Å². The van der Waals surface area contributed by atoms with Crippen molar-refractivity contribution in [3.05, 3.63) is 194 Å². The first-order valence-electron chi connectivity index (χ1n) is 21.3. The molecule has 1 aliphatic heterocycles. The number of aromatic amines is 1. The highest BCUT2D eigenvalue weighted by Gasteiger charge is 2.28. The van der Waals surface area contributed by atoms with E-state index in [1.807, 2.05) is 72.8 Å². The second-order valence-electron chi connectivity index (χ2n) is 16.1. The summed E-state index contributed by atoms with van der Waals surface area (Å²) in [7, 11) is 0. The van der Waals surface area contributed by atoms with Crippen LogP contribution >= 0.6 is 11.3 Å². The third-order valence-corrected chi connectivity index (χ3v) is 12.8. The van der Waals surface area contributed by atoms with Gasteiger partial charge in [0.05, 0.1) is 30.3 Å². The van der Waals surface area contributed by atoms with E-state index >= 15 is 8.78 Å². The number of aliphatic hydroxyl groups is 1. The fourth-order valence-corrected chi connectivity index (χ4v) is 9.16. The quantitative estimate of drug-likeness (QED) is 0.0608. The van der Waals surface area contributed by atoms with Crippen molar-refractivity contribution in [2.24, 2.45) is 5.92 Å². The number of carbonyl (C=O) groups is 2. The van der Waals surface area contributed by atoms with Crippen molar-refractivity contribution < 1.29 is 33.3 Å². The van der Waals surface area contributed by atoms with Crippen molar-refractivity contribution >= 4 is 34.1 Å². The molecule has 1 fully saturated rings. The summed E-state index contributed by atoms with van der Waals surface area (Å²) in [5.74, 6) is -4.01. The lowest BCUT2D eigenvalue weighted by molar-refractivity contribution is -0.146. The molecule has 5 aromatic carbocycles. The number of esters is 1. The van der Waals surface area contributed by atoms with Gasteiger partial charge in [-0.25, -0.2) is 8.78 Å². The molecule has 0 spiro atoms. The zero-order valence-corrected chi connectivity index (χ0v) is 35.8. The van der Waals surface area contributed by atoms with E-state index in [1.54, 1.807) is 0 Å². The van der Waals surface area contributed by atoms with Gasteiger partial charge in [0, 0.05) is 46.4 Å². The van der Waals surface area contributed by atoms with Crippen LogP contribution in [-0.4, -0.2) is 58.2 Å². The van der Waals surface area contributed by atoms with Crippen molar-refractivity contribution in [2.75, 3.05) is 26.2 Å². The van der Waals surface area contributed by atoms with E-state index in [0.29, 0.717) is 23.5 Å². The lowest BCUT2D eigenvalue weighted by atomic mass is 9.90. The number of rotatable bonds is 16. The van der Waals surface area contributed by atoms with Gasteiger partial charge in [-0.2, -0.15) is 0 Å². The Labute approximate surface area is 373 Å². The summed E-state index contributed by atoms with van der Waals surface area (Å²) in [5, 5.41) is 27.0. The second kappa shape index (κ2) is 20.3. The monoisotopic (exact) mass is 882 g/mol. The smallest absolute Gasteiger partial charge is 0.317 e. The number of nitrogens with one attached hydrogen (secondary N) is 3. The largest absolute Gasteiger partial charge is 0.506 e. The average molecular weight is 883 g/mol. The molecule has 13 heteroatoms. The van der Waals surface area contributed by atoms with Crippen LogP contribution in [0.15, 0.2) is 138 Å². The van der Waals surface area contributed by atoms with Crippen molar-refractivity contribution in [1.29, 1.82) is 0 Å². The molecule has 8 rings (SSSR count). The van der Waals surface area contributed by atoms with E-state index in [4.69, 9.17) is 4.74 Å². The molecule has 0 saturated carbocycles. The van der Waals surface area contributed by atoms with Crippen LogP contribution in [0.4, 0.5) is 8.78 Å². The highest BCUT2D eigenvalue weighted by Crippen LogP contribution is 2.34. The number of halogens is 2. The number of nitrogens with zero attached hydrogens (tertiary/aromatic N) is 1. The Bertz CT molecular complexity index is 2790. The molecule has 0 aliphatic carbocycles. The number of benzene rings is 5. The molecule has 3 heterocycles. The van der Waals surface area contributed by atoms with Crippen molar-refractivity contribution in [3.63, 3.8) is 0 Å². The number of amides is 1. The fraction of sp³-hybridized carbons (Fsp3) is 0.235. The van der Waals surface area contributed by atoms with Gasteiger partial charge < -0.3 is 30.6 Å². The number of H-pyrrole nitrogens is 1. The van der Waals surface area contributed by atoms with Crippen molar-refractivity contribution in [1.82, 2.24) is 20.5 Å². The fourth-order valence-electron chi connectivity index (χ4n) is 8.21. The summed E-state index contributed by atoms with van der Waals surface area (Å²) in [5.41, 5.74) is 3.53. The van der Waals surface area contributed by atoms with Crippen LogP contribution in [0.2, 0.25) is 0 Å². The van der Waals surface area contributed by atoms with Crippen LogP contribution in [0, 0.1) is 17.6 Å². The average Bonchev–Trinajstić information content (AvgIpc) is 3.80. The molecule has 1 unspecified atom stereocenters. The number of aromatic hydroxyl groups is 1. The molecule has 0 radical (unpaired) electrons. The zero-order chi connectivity index (χ0) is 44.6. The number of hydrogen-bond donors (Lipinski definition) is 5. The Morgan fingerprint density at radius 3 is 2.36 bits per heavy atom. The maximum atomic E-state index is 15.3. The van der Waals surface area contributed by atoms with Gasteiger partial charge in [-0.3, -0.25) is 19.3 Å². The number of phenolic OH excluding ortho intramolecular Hbond substituents is 1.